The molecule has 0 aliphatic rings. The van der Waals surface area contributed by atoms with Crippen LogP contribution in [0.25, 0.3) is 0 Å². The Kier molecular flexibility index (Phi) is 7.22. The molecule has 0 heterocycles. The first-order valence-electron chi connectivity index (χ1n) is 4.52. The number of ether oxygens (including phenoxy) is 1. The molecular weight excluding hydrogens is 190 g/mol. The summed E-state index contributed by atoms with van der Waals surface area (Å²) in [6.45, 7) is 1.07. The van der Waals surface area contributed by atoms with Crippen molar-refractivity contribution >= 4 is 9.84 Å². The quantitative estimate of drug-likeness (QED) is 0.579. The molecule has 2 N–H and O–H groups in total. The summed E-state index contributed by atoms with van der Waals surface area (Å²) in [7, 11) is -1.25. The van der Waals surface area contributed by atoms with E-state index in [9.17, 15) is 8.42 Å². The van der Waals surface area contributed by atoms with Crippen molar-refractivity contribution in [2.45, 2.75) is 19.3 Å². The topological polar surface area (TPSA) is 69.4 Å². The van der Waals surface area contributed by atoms with Gasteiger partial charge in [-0.25, -0.2) is 8.42 Å². The Bertz CT molecular complexity index is 201. The number of hydrogen-bond acceptors (Lipinski definition) is 4. The van der Waals surface area contributed by atoms with Gasteiger partial charge in [0.05, 0.1) is 11.5 Å². The van der Waals surface area contributed by atoms with E-state index in [4.69, 9.17) is 10.5 Å². The lowest BCUT2D eigenvalue weighted by Gasteiger charge is -2.02. The van der Waals surface area contributed by atoms with E-state index in [1.54, 1.807) is 7.11 Å². The molecule has 4 nitrogen and oxygen atoms in total. The summed E-state index contributed by atoms with van der Waals surface area (Å²) >= 11 is 0. The van der Waals surface area contributed by atoms with Crippen molar-refractivity contribution in [3.05, 3.63) is 0 Å². The summed E-state index contributed by atoms with van der Waals surface area (Å²) in [6.07, 6.45) is 2.05. The summed E-state index contributed by atoms with van der Waals surface area (Å²) in [4.78, 5) is 0. The first kappa shape index (κ1) is 12.9. The maximum absolute atomic E-state index is 11.3. The number of rotatable bonds is 8. The molecule has 0 saturated carbocycles. The van der Waals surface area contributed by atoms with Gasteiger partial charge in [0.25, 0.3) is 0 Å². The molecule has 0 fully saturated rings. The van der Waals surface area contributed by atoms with E-state index in [0.29, 0.717) is 26.0 Å². The van der Waals surface area contributed by atoms with Crippen LogP contribution in [0.2, 0.25) is 0 Å². The highest BCUT2D eigenvalue weighted by Gasteiger charge is 2.08. The molecule has 5 heteroatoms. The molecule has 0 rings (SSSR count). The molecule has 0 amide bonds. The predicted molar refractivity (Wildman–Crippen MR) is 53.4 cm³/mol. The molecule has 0 aliphatic carbocycles. The molecule has 0 saturated heterocycles. The minimum absolute atomic E-state index is 0.219. The van der Waals surface area contributed by atoms with Gasteiger partial charge in [0, 0.05) is 13.7 Å². The van der Waals surface area contributed by atoms with Gasteiger partial charge in [0.2, 0.25) is 0 Å². The lowest BCUT2D eigenvalue weighted by molar-refractivity contribution is 0.194. The number of sulfone groups is 1. The summed E-state index contributed by atoms with van der Waals surface area (Å²) in [5, 5.41) is 0. The van der Waals surface area contributed by atoms with Crippen molar-refractivity contribution in [3.8, 4) is 0 Å². The molecule has 0 bridgehead atoms. The third-order valence-electron chi connectivity index (χ3n) is 1.71. The van der Waals surface area contributed by atoms with Crippen molar-refractivity contribution in [2.75, 3.05) is 31.8 Å². The normalized spacial score (nSPS) is 11.8. The smallest absolute Gasteiger partial charge is 0.150 e. The molecular formula is C8H19NO3S. The van der Waals surface area contributed by atoms with Gasteiger partial charge in [-0.05, 0) is 25.8 Å². The fourth-order valence-corrected chi connectivity index (χ4v) is 2.43. The highest BCUT2D eigenvalue weighted by atomic mass is 32.2. The first-order chi connectivity index (χ1) is 6.12. The fourth-order valence-electron chi connectivity index (χ4n) is 0.974. The van der Waals surface area contributed by atoms with Gasteiger partial charge < -0.3 is 10.5 Å². The number of nitrogens with two attached hydrogens (primary N) is 1. The zero-order valence-corrected chi connectivity index (χ0v) is 8.98. The van der Waals surface area contributed by atoms with E-state index in [-0.39, 0.29) is 11.5 Å². The molecule has 0 spiro atoms. The van der Waals surface area contributed by atoms with Crippen molar-refractivity contribution < 1.29 is 13.2 Å². The van der Waals surface area contributed by atoms with E-state index in [2.05, 4.69) is 0 Å². The van der Waals surface area contributed by atoms with Crippen LogP contribution >= 0.6 is 0 Å². The lowest BCUT2D eigenvalue weighted by Crippen LogP contribution is -2.14. The Morgan fingerprint density at radius 3 is 2.31 bits per heavy atom. The van der Waals surface area contributed by atoms with E-state index in [0.717, 1.165) is 6.42 Å². The van der Waals surface area contributed by atoms with Crippen molar-refractivity contribution in [2.24, 2.45) is 5.73 Å². The van der Waals surface area contributed by atoms with E-state index in [1.807, 2.05) is 0 Å². The van der Waals surface area contributed by atoms with E-state index in [1.165, 1.54) is 0 Å². The minimum atomic E-state index is -2.86. The van der Waals surface area contributed by atoms with Gasteiger partial charge >= 0.3 is 0 Å². The Labute approximate surface area is 80.4 Å². The molecule has 80 valence electrons. The monoisotopic (exact) mass is 209 g/mol. The van der Waals surface area contributed by atoms with Crippen molar-refractivity contribution in [1.82, 2.24) is 0 Å². The van der Waals surface area contributed by atoms with Crippen molar-refractivity contribution in [3.63, 3.8) is 0 Å². The summed E-state index contributed by atoms with van der Waals surface area (Å²) in [5.74, 6) is 0.479. The molecule has 0 unspecified atom stereocenters. The molecule has 0 radical (unpaired) electrons. The number of hydrogen-bond donors (Lipinski definition) is 1. The van der Waals surface area contributed by atoms with E-state index >= 15 is 0 Å². The average molecular weight is 209 g/mol. The molecule has 0 atom stereocenters. The second kappa shape index (κ2) is 7.29. The lowest BCUT2D eigenvalue weighted by atomic mass is 10.4. The van der Waals surface area contributed by atoms with Gasteiger partial charge in [-0.2, -0.15) is 0 Å². The Morgan fingerprint density at radius 1 is 1.15 bits per heavy atom. The highest BCUT2D eigenvalue weighted by molar-refractivity contribution is 7.91. The van der Waals surface area contributed by atoms with Gasteiger partial charge in [0.15, 0.2) is 0 Å². The van der Waals surface area contributed by atoms with Crippen LogP contribution in [0.4, 0.5) is 0 Å². The predicted octanol–water partition coefficient (Wildman–Crippen LogP) is 0.177. The number of unbranched alkanes of at least 4 members (excludes halogenated alkanes) is 1. The zero-order chi connectivity index (χ0) is 10.2. The van der Waals surface area contributed by atoms with Gasteiger partial charge in [0.1, 0.15) is 9.84 Å². The second-order valence-electron chi connectivity index (χ2n) is 2.99. The Balaban J connectivity index is 3.52. The SMILES string of the molecule is COCCCCS(=O)(=O)CCCN. The third kappa shape index (κ3) is 8.21. The fraction of sp³-hybridized carbons (Fsp3) is 1.00. The Hall–Kier alpha value is -0.130. The van der Waals surface area contributed by atoms with Gasteiger partial charge in [-0.1, -0.05) is 0 Å². The second-order valence-corrected chi connectivity index (χ2v) is 5.30. The van der Waals surface area contributed by atoms with Crippen LogP contribution in [0, 0.1) is 0 Å². The Morgan fingerprint density at radius 2 is 1.77 bits per heavy atom. The van der Waals surface area contributed by atoms with Gasteiger partial charge in [-0.3, -0.25) is 0 Å². The van der Waals surface area contributed by atoms with Crippen LogP contribution in [0.15, 0.2) is 0 Å². The molecule has 0 aliphatic heterocycles. The van der Waals surface area contributed by atoms with Crippen LogP contribution in [-0.2, 0) is 14.6 Å². The molecule has 0 aromatic carbocycles. The maximum atomic E-state index is 11.3. The highest BCUT2D eigenvalue weighted by Crippen LogP contribution is 1.99. The largest absolute Gasteiger partial charge is 0.385 e. The van der Waals surface area contributed by atoms with Gasteiger partial charge in [-0.15, -0.1) is 0 Å². The van der Waals surface area contributed by atoms with Crippen LogP contribution < -0.4 is 5.73 Å². The van der Waals surface area contributed by atoms with Crippen molar-refractivity contribution in [1.29, 1.82) is 0 Å². The zero-order valence-electron chi connectivity index (χ0n) is 8.16. The summed E-state index contributed by atoms with van der Waals surface area (Å²) in [5.41, 5.74) is 5.23. The molecule has 0 aromatic rings. The number of methoxy groups -OCH3 is 1. The van der Waals surface area contributed by atoms with Crippen LogP contribution in [0.3, 0.4) is 0 Å². The molecule has 0 aromatic heterocycles. The molecule has 13 heavy (non-hydrogen) atoms. The average Bonchev–Trinajstić information content (AvgIpc) is 2.09. The first-order valence-corrected chi connectivity index (χ1v) is 6.34. The summed E-state index contributed by atoms with van der Waals surface area (Å²) in [6, 6.07) is 0. The standard InChI is InChI=1S/C8H19NO3S/c1-12-6-2-3-7-13(10,11)8-4-5-9/h2-9H2,1H3. The third-order valence-corrected chi connectivity index (χ3v) is 3.53. The van der Waals surface area contributed by atoms with Crippen LogP contribution in [0.5, 0.6) is 0 Å². The summed E-state index contributed by atoms with van der Waals surface area (Å²) < 4.78 is 27.3. The van der Waals surface area contributed by atoms with Crippen LogP contribution in [-0.4, -0.2) is 40.2 Å². The maximum Gasteiger partial charge on any atom is 0.150 e. The van der Waals surface area contributed by atoms with E-state index < -0.39 is 9.84 Å². The minimum Gasteiger partial charge on any atom is -0.385 e. The van der Waals surface area contributed by atoms with Crippen LogP contribution in [0.1, 0.15) is 19.3 Å².